The van der Waals surface area contributed by atoms with Gasteiger partial charge in [-0.25, -0.2) is 4.98 Å². The van der Waals surface area contributed by atoms with Crippen LogP contribution in [0.1, 0.15) is 0 Å². The van der Waals surface area contributed by atoms with Gasteiger partial charge in [-0.2, -0.15) is 0 Å². The molecule has 0 bridgehead atoms. The maximum Gasteiger partial charge on any atom is 0.224 e. The van der Waals surface area contributed by atoms with Crippen molar-refractivity contribution in [3.8, 4) is 28.5 Å². The molecule has 0 atom stereocenters. The van der Waals surface area contributed by atoms with E-state index in [0.29, 0.717) is 28.5 Å². The minimum Gasteiger partial charge on any atom is -0.480 e. The van der Waals surface area contributed by atoms with E-state index in [4.69, 9.17) is 15.0 Å². The van der Waals surface area contributed by atoms with Gasteiger partial charge in [0.1, 0.15) is 0 Å². The fraction of sp³-hybridized carbons (Fsp3) is 0.0714. The van der Waals surface area contributed by atoms with Crippen molar-refractivity contribution in [1.82, 2.24) is 15.1 Å². The van der Waals surface area contributed by atoms with Gasteiger partial charge in [0.2, 0.25) is 5.88 Å². The van der Waals surface area contributed by atoms with Gasteiger partial charge >= 0.3 is 0 Å². The molecule has 0 unspecified atom stereocenters. The van der Waals surface area contributed by atoms with Crippen LogP contribution >= 0.6 is 0 Å². The molecule has 0 aliphatic heterocycles. The average molecular weight is 268 g/mol. The average Bonchev–Trinajstić information content (AvgIpc) is 2.89. The van der Waals surface area contributed by atoms with Crippen LogP contribution in [0.25, 0.3) is 22.6 Å². The second kappa shape index (κ2) is 5.00. The summed E-state index contributed by atoms with van der Waals surface area (Å²) in [5.74, 6) is 1.22. The molecule has 0 radical (unpaired) electrons. The largest absolute Gasteiger partial charge is 0.480 e. The number of methoxy groups -OCH3 is 1. The van der Waals surface area contributed by atoms with Crippen molar-refractivity contribution in [2.45, 2.75) is 0 Å². The molecular weight excluding hydrogens is 256 g/mol. The zero-order valence-electron chi connectivity index (χ0n) is 10.8. The zero-order chi connectivity index (χ0) is 13.9. The minimum absolute atomic E-state index is 0.282. The number of hydrogen-bond donors (Lipinski definition) is 1. The summed E-state index contributed by atoms with van der Waals surface area (Å²) in [5, 5.41) is 3.82. The van der Waals surface area contributed by atoms with Crippen molar-refractivity contribution < 1.29 is 9.26 Å². The maximum absolute atomic E-state index is 5.90. The molecule has 0 aliphatic carbocycles. The number of hydrogen-bond acceptors (Lipinski definition) is 6. The predicted molar refractivity (Wildman–Crippen MR) is 73.9 cm³/mol. The van der Waals surface area contributed by atoms with Gasteiger partial charge in [-0.1, -0.05) is 11.2 Å². The lowest BCUT2D eigenvalue weighted by Gasteiger charge is -2.05. The smallest absolute Gasteiger partial charge is 0.224 e. The summed E-state index contributed by atoms with van der Waals surface area (Å²) >= 11 is 0. The van der Waals surface area contributed by atoms with Crippen molar-refractivity contribution in [2.24, 2.45) is 0 Å². The molecule has 3 aromatic heterocycles. The predicted octanol–water partition coefficient (Wildman–Crippen LogP) is 2.39. The molecule has 6 heteroatoms. The monoisotopic (exact) mass is 268 g/mol. The quantitative estimate of drug-likeness (QED) is 0.784. The van der Waals surface area contributed by atoms with E-state index in [9.17, 15) is 0 Å². The molecule has 0 saturated heterocycles. The molecule has 0 aliphatic rings. The lowest BCUT2D eigenvalue weighted by atomic mass is 10.1. The summed E-state index contributed by atoms with van der Waals surface area (Å²) in [6.07, 6.45) is 3.33. The normalized spacial score (nSPS) is 10.4. The summed E-state index contributed by atoms with van der Waals surface area (Å²) in [5.41, 5.74) is 7.90. The standard InChI is InChI=1S/C14H12N4O2/c1-19-14-9(5-4-8-17-14)12-11(13(15)18-20-12)10-6-2-3-7-16-10/h2-8H,1H3,(H2,15,18). The van der Waals surface area contributed by atoms with E-state index in [-0.39, 0.29) is 5.82 Å². The second-order valence-corrected chi connectivity index (χ2v) is 4.05. The Morgan fingerprint density at radius 2 is 1.95 bits per heavy atom. The number of nitrogens with zero attached hydrogens (tertiary/aromatic N) is 3. The van der Waals surface area contributed by atoms with E-state index < -0.39 is 0 Å². The number of nitrogens with two attached hydrogens (primary N) is 1. The summed E-state index contributed by atoms with van der Waals surface area (Å²) in [4.78, 5) is 8.43. The summed E-state index contributed by atoms with van der Waals surface area (Å²) in [6.45, 7) is 0. The Balaban J connectivity index is 2.22. The molecule has 0 spiro atoms. The molecule has 0 saturated carbocycles. The Hall–Kier alpha value is -2.89. The van der Waals surface area contributed by atoms with Crippen LogP contribution in [0.5, 0.6) is 5.88 Å². The Labute approximate surface area is 115 Å². The van der Waals surface area contributed by atoms with E-state index in [2.05, 4.69) is 15.1 Å². The van der Waals surface area contributed by atoms with Crippen LogP contribution in [0.2, 0.25) is 0 Å². The molecule has 3 heterocycles. The highest BCUT2D eigenvalue weighted by Gasteiger charge is 2.21. The number of aromatic nitrogens is 3. The lowest BCUT2D eigenvalue weighted by Crippen LogP contribution is -1.93. The van der Waals surface area contributed by atoms with Crippen molar-refractivity contribution in [3.63, 3.8) is 0 Å². The first kappa shape index (κ1) is 12.2. The summed E-state index contributed by atoms with van der Waals surface area (Å²) in [6, 6.07) is 9.17. The molecule has 3 aromatic rings. The number of anilines is 1. The fourth-order valence-corrected chi connectivity index (χ4v) is 1.97. The highest BCUT2D eigenvalue weighted by molar-refractivity contribution is 5.86. The molecule has 0 amide bonds. The third-order valence-electron chi connectivity index (χ3n) is 2.85. The molecular formula is C14H12N4O2. The molecule has 3 rings (SSSR count). The van der Waals surface area contributed by atoms with Crippen LogP contribution in [0, 0.1) is 0 Å². The minimum atomic E-state index is 0.282. The number of pyridine rings is 2. The third kappa shape index (κ3) is 1.97. The molecule has 6 nitrogen and oxygen atoms in total. The van der Waals surface area contributed by atoms with Crippen LogP contribution in [0.4, 0.5) is 5.82 Å². The van der Waals surface area contributed by atoms with Gasteiger partial charge in [0.05, 0.1) is 23.9 Å². The van der Waals surface area contributed by atoms with Crippen LogP contribution in [-0.2, 0) is 0 Å². The Bertz CT molecular complexity index is 725. The van der Waals surface area contributed by atoms with E-state index in [1.807, 2.05) is 24.3 Å². The van der Waals surface area contributed by atoms with Crippen molar-refractivity contribution in [3.05, 3.63) is 42.7 Å². The van der Waals surface area contributed by atoms with E-state index >= 15 is 0 Å². The van der Waals surface area contributed by atoms with Crippen LogP contribution in [0.15, 0.2) is 47.2 Å². The molecule has 20 heavy (non-hydrogen) atoms. The SMILES string of the molecule is COc1ncccc1-c1onc(N)c1-c1ccccn1. The molecule has 0 aromatic carbocycles. The van der Waals surface area contributed by atoms with Crippen LogP contribution < -0.4 is 10.5 Å². The third-order valence-corrected chi connectivity index (χ3v) is 2.85. The van der Waals surface area contributed by atoms with Crippen molar-refractivity contribution >= 4 is 5.82 Å². The van der Waals surface area contributed by atoms with Gasteiger partial charge in [-0.15, -0.1) is 0 Å². The number of rotatable bonds is 3. The topological polar surface area (TPSA) is 87.1 Å². The number of nitrogen functional groups attached to an aromatic ring is 1. The first-order valence-corrected chi connectivity index (χ1v) is 5.97. The first-order valence-electron chi connectivity index (χ1n) is 5.97. The van der Waals surface area contributed by atoms with Crippen LogP contribution in [0.3, 0.4) is 0 Å². The molecule has 0 fully saturated rings. The van der Waals surface area contributed by atoms with Crippen molar-refractivity contribution in [2.75, 3.05) is 12.8 Å². The fourth-order valence-electron chi connectivity index (χ4n) is 1.97. The summed E-state index contributed by atoms with van der Waals surface area (Å²) in [7, 11) is 1.55. The molecule has 100 valence electrons. The number of ether oxygens (including phenoxy) is 1. The summed E-state index contributed by atoms with van der Waals surface area (Å²) < 4.78 is 10.6. The van der Waals surface area contributed by atoms with E-state index in [1.165, 1.54) is 0 Å². The first-order chi connectivity index (χ1) is 9.81. The second-order valence-electron chi connectivity index (χ2n) is 4.05. The van der Waals surface area contributed by atoms with Gasteiger partial charge < -0.3 is 15.0 Å². The van der Waals surface area contributed by atoms with Crippen molar-refractivity contribution in [1.29, 1.82) is 0 Å². The van der Waals surface area contributed by atoms with Gasteiger partial charge in [0.25, 0.3) is 0 Å². The van der Waals surface area contributed by atoms with Crippen LogP contribution in [-0.4, -0.2) is 22.2 Å². The Morgan fingerprint density at radius 3 is 2.70 bits per heavy atom. The van der Waals surface area contributed by atoms with Gasteiger partial charge in [-0.05, 0) is 24.3 Å². The lowest BCUT2D eigenvalue weighted by molar-refractivity contribution is 0.393. The van der Waals surface area contributed by atoms with E-state index in [0.717, 1.165) is 0 Å². The Morgan fingerprint density at radius 1 is 1.10 bits per heavy atom. The maximum atomic E-state index is 5.90. The molecule has 2 N–H and O–H groups in total. The van der Waals surface area contributed by atoms with E-state index in [1.54, 1.807) is 25.6 Å². The van der Waals surface area contributed by atoms with Gasteiger partial charge in [0, 0.05) is 12.4 Å². The highest BCUT2D eigenvalue weighted by Crippen LogP contribution is 2.38. The Kier molecular flexibility index (Phi) is 3.04. The van der Waals surface area contributed by atoms with Gasteiger partial charge in [0.15, 0.2) is 11.6 Å². The highest BCUT2D eigenvalue weighted by atomic mass is 16.5. The van der Waals surface area contributed by atoms with Gasteiger partial charge in [-0.3, -0.25) is 4.98 Å². The zero-order valence-corrected chi connectivity index (χ0v) is 10.8.